The molecule has 1 aromatic carbocycles. The molecule has 0 aliphatic carbocycles. The molecule has 0 spiro atoms. The van der Waals surface area contributed by atoms with E-state index in [1.165, 1.54) is 18.2 Å². The van der Waals surface area contributed by atoms with Crippen molar-refractivity contribution < 1.29 is 23.1 Å². The van der Waals surface area contributed by atoms with E-state index < -0.39 is 34.2 Å². The average molecular weight is 522 g/mol. The molecule has 0 saturated carbocycles. The van der Waals surface area contributed by atoms with E-state index in [0.717, 1.165) is 16.9 Å². The molecule has 0 radical (unpaired) electrons. The van der Waals surface area contributed by atoms with Crippen molar-refractivity contribution in [2.24, 2.45) is 18.5 Å². The molecule has 35 heavy (non-hydrogen) atoms. The van der Waals surface area contributed by atoms with E-state index in [-0.39, 0.29) is 21.9 Å². The summed E-state index contributed by atoms with van der Waals surface area (Å²) >= 11 is 0.994. The number of nitrogens with two attached hydrogens (primary N) is 2. The Kier molecular flexibility index (Phi) is 8.58. The summed E-state index contributed by atoms with van der Waals surface area (Å²) in [5.74, 6) is -1.90. The lowest BCUT2D eigenvalue weighted by atomic mass is 10.1. The van der Waals surface area contributed by atoms with Gasteiger partial charge in [0.25, 0.3) is 15.9 Å². The minimum Gasteiger partial charge on any atom is -0.480 e. The molecule has 3 rings (SSSR count). The summed E-state index contributed by atoms with van der Waals surface area (Å²) in [7, 11) is -2.27. The van der Waals surface area contributed by atoms with Gasteiger partial charge in [0, 0.05) is 18.8 Å². The second-order valence-corrected chi connectivity index (χ2v) is 10.3. The first-order chi connectivity index (χ1) is 16.6. The number of aryl methyl sites for hydroxylation is 1. The molecule has 0 fully saturated rings. The van der Waals surface area contributed by atoms with Crippen molar-refractivity contribution in [3.05, 3.63) is 53.0 Å². The minimum atomic E-state index is -4.03. The maximum atomic E-state index is 13.0. The topological polar surface area (TPSA) is 194 Å². The molecule has 2 aromatic heterocycles. The van der Waals surface area contributed by atoms with Crippen molar-refractivity contribution in [2.45, 2.75) is 30.1 Å². The van der Waals surface area contributed by atoms with Crippen LogP contribution in [0.1, 0.15) is 22.5 Å². The Balaban J connectivity index is 1.72. The molecule has 3 aromatic rings. The molecular formula is C21H27N7O5S2. The summed E-state index contributed by atoms with van der Waals surface area (Å²) in [5.41, 5.74) is 12.2. The molecule has 0 bridgehead atoms. The third-order valence-corrected chi connectivity index (χ3v) is 7.23. The van der Waals surface area contributed by atoms with E-state index >= 15 is 0 Å². The van der Waals surface area contributed by atoms with Crippen molar-refractivity contribution in [1.82, 2.24) is 20.4 Å². The van der Waals surface area contributed by atoms with E-state index in [0.29, 0.717) is 18.5 Å². The molecule has 8 N–H and O–H groups in total. The number of aliphatic carboxylic acids is 1. The van der Waals surface area contributed by atoms with Crippen molar-refractivity contribution in [1.29, 1.82) is 0 Å². The van der Waals surface area contributed by atoms with E-state index in [1.54, 1.807) is 41.6 Å². The Labute approximate surface area is 206 Å². The van der Waals surface area contributed by atoms with E-state index in [4.69, 9.17) is 11.5 Å². The van der Waals surface area contributed by atoms with Gasteiger partial charge in [0.1, 0.15) is 17.2 Å². The Morgan fingerprint density at radius 3 is 2.66 bits per heavy atom. The standard InChI is InChI=1S/C21H27N7O5S2/c1-28-12-14(11-25-28)13-4-2-5-15(10-13)35(32,33)27-16-7-9-34-18(16)19(29)26-17(20(30)31)6-3-8-24-21(22)23/h2,4-5,7,9-12,17,21,24,27H,3,6,8,22-23H2,1H3,(H,26,29)(H,30,31)/t17-/m0/s1. The fourth-order valence-corrected chi connectivity index (χ4v) is 5.17. The fraction of sp³-hybridized carbons (Fsp3) is 0.286. The number of carboxylic acids is 1. The molecule has 188 valence electrons. The zero-order valence-electron chi connectivity index (χ0n) is 18.8. The number of aromatic nitrogens is 2. The van der Waals surface area contributed by atoms with Crippen LogP contribution in [0.3, 0.4) is 0 Å². The Morgan fingerprint density at radius 2 is 2.00 bits per heavy atom. The predicted molar refractivity (Wildman–Crippen MR) is 132 cm³/mol. The zero-order chi connectivity index (χ0) is 25.6. The van der Waals surface area contributed by atoms with Gasteiger partial charge in [-0.05, 0) is 48.5 Å². The van der Waals surface area contributed by atoms with Crippen LogP contribution >= 0.6 is 11.3 Å². The van der Waals surface area contributed by atoms with Crippen LogP contribution in [0.25, 0.3) is 11.1 Å². The van der Waals surface area contributed by atoms with Crippen molar-refractivity contribution in [3.63, 3.8) is 0 Å². The van der Waals surface area contributed by atoms with Gasteiger partial charge in [0.05, 0.1) is 16.8 Å². The lowest BCUT2D eigenvalue weighted by Crippen LogP contribution is -2.46. The number of hydrogen-bond donors (Lipinski definition) is 6. The van der Waals surface area contributed by atoms with Crippen LogP contribution in [-0.2, 0) is 21.9 Å². The van der Waals surface area contributed by atoms with Crippen LogP contribution < -0.4 is 26.8 Å². The van der Waals surface area contributed by atoms with Gasteiger partial charge >= 0.3 is 5.97 Å². The highest BCUT2D eigenvalue weighted by atomic mass is 32.2. The first-order valence-electron chi connectivity index (χ1n) is 10.5. The molecule has 2 heterocycles. The lowest BCUT2D eigenvalue weighted by molar-refractivity contribution is -0.139. The summed E-state index contributed by atoms with van der Waals surface area (Å²) in [6.07, 6.45) is 3.20. The number of nitrogens with zero attached hydrogens (tertiary/aromatic N) is 2. The predicted octanol–water partition coefficient (Wildman–Crippen LogP) is 0.703. The number of anilines is 1. The molecule has 0 unspecified atom stereocenters. The van der Waals surface area contributed by atoms with Crippen LogP contribution in [-0.4, -0.2) is 54.1 Å². The van der Waals surface area contributed by atoms with Gasteiger partial charge in [-0.1, -0.05) is 12.1 Å². The Morgan fingerprint density at radius 1 is 1.23 bits per heavy atom. The summed E-state index contributed by atoms with van der Waals surface area (Å²) in [6, 6.07) is 6.61. The van der Waals surface area contributed by atoms with Gasteiger partial charge in [-0.3, -0.25) is 19.5 Å². The summed E-state index contributed by atoms with van der Waals surface area (Å²) in [4.78, 5) is 24.4. The SMILES string of the molecule is Cn1cc(-c2cccc(S(=O)(=O)Nc3ccsc3C(=O)N[C@@H](CCCNC(N)N)C(=O)O)c2)cn1. The molecule has 12 nitrogen and oxygen atoms in total. The molecule has 1 atom stereocenters. The molecule has 14 heteroatoms. The molecular weight excluding hydrogens is 494 g/mol. The maximum absolute atomic E-state index is 13.0. The number of sulfonamides is 1. The maximum Gasteiger partial charge on any atom is 0.326 e. The highest BCUT2D eigenvalue weighted by Crippen LogP contribution is 2.27. The first kappa shape index (κ1) is 26.3. The monoisotopic (exact) mass is 521 g/mol. The van der Waals surface area contributed by atoms with E-state index in [1.807, 2.05) is 0 Å². The number of thiophene rings is 1. The second kappa shape index (κ2) is 11.4. The second-order valence-electron chi connectivity index (χ2n) is 7.69. The van der Waals surface area contributed by atoms with Crippen LogP contribution in [0.4, 0.5) is 5.69 Å². The van der Waals surface area contributed by atoms with Crippen molar-refractivity contribution in [2.75, 3.05) is 11.3 Å². The van der Waals surface area contributed by atoms with Crippen molar-refractivity contribution >= 4 is 38.9 Å². The van der Waals surface area contributed by atoms with Gasteiger partial charge in [-0.15, -0.1) is 11.3 Å². The van der Waals surface area contributed by atoms with Crippen LogP contribution in [0.15, 0.2) is 53.0 Å². The number of carbonyl (C=O) groups excluding carboxylic acids is 1. The summed E-state index contributed by atoms with van der Waals surface area (Å²) < 4.78 is 30.1. The summed E-state index contributed by atoms with van der Waals surface area (Å²) in [5, 5.41) is 20.3. The van der Waals surface area contributed by atoms with Crippen LogP contribution in [0, 0.1) is 0 Å². The Bertz CT molecular complexity index is 1290. The number of carbonyl (C=O) groups is 2. The van der Waals surface area contributed by atoms with Crippen LogP contribution in [0.2, 0.25) is 0 Å². The van der Waals surface area contributed by atoms with Gasteiger partial charge in [-0.2, -0.15) is 5.10 Å². The Hall–Kier alpha value is -3.30. The smallest absolute Gasteiger partial charge is 0.326 e. The molecule has 0 saturated heterocycles. The average Bonchev–Trinajstić information content (AvgIpc) is 3.44. The quantitative estimate of drug-likeness (QED) is 0.147. The highest BCUT2D eigenvalue weighted by molar-refractivity contribution is 7.92. The fourth-order valence-electron chi connectivity index (χ4n) is 3.24. The molecule has 1 amide bonds. The molecule has 0 aliphatic heterocycles. The van der Waals surface area contributed by atoms with Crippen molar-refractivity contribution in [3.8, 4) is 11.1 Å². The highest BCUT2D eigenvalue weighted by Gasteiger charge is 2.25. The number of benzene rings is 1. The number of carboxylic acid groups (broad SMARTS) is 1. The minimum absolute atomic E-state index is 0.00503. The third kappa shape index (κ3) is 7.10. The molecule has 0 aliphatic rings. The number of nitrogens with one attached hydrogen (secondary N) is 3. The lowest BCUT2D eigenvalue weighted by Gasteiger charge is -2.16. The zero-order valence-corrected chi connectivity index (χ0v) is 20.5. The first-order valence-corrected chi connectivity index (χ1v) is 12.9. The van der Waals surface area contributed by atoms with Gasteiger partial charge < -0.3 is 21.9 Å². The third-order valence-electron chi connectivity index (χ3n) is 4.95. The van der Waals surface area contributed by atoms with Gasteiger partial charge in [-0.25, -0.2) is 13.2 Å². The van der Waals surface area contributed by atoms with Gasteiger partial charge in [0.2, 0.25) is 0 Å². The van der Waals surface area contributed by atoms with Crippen LogP contribution in [0.5, 0.6) is 0 Å². The van der Waals surface area contributed by atoms with E-state index in [2.05, 4.69) is 20.5 Å². The van der Waals surface area contributed by atoms with E-state index in [9.17, 15) is 23.1 Å². The number of hydrogen-bond acceptors (Lipinski definition) is 9. The number of rotatable bonds is 12. The van der Waals surface area contributed by atoms with Gasteiger partial charge in [0.15, 0.2) is 0 Å². The normalized spacial score (nSPS) is 12.5. The largest absolute Gasteiger partial charge is 0.480 e. The summed E-state index contributed by atoms with van der Waals surface area (Å²) in [6.45, 7) is 0.374. The number of amides is 1.